The van der Waals surface area contributed by atoms with Crippen LogP contribution in [-0.4, -0.2) is 17.5 Å². The average molecular weight is 436 g/mol. The molecule has 5 aromatic rings. The molecule has 0 spiro atoms. The third-order valence-corrected chi connectivity index (χ3v) is 5.16. The first kappa shape index (κ1) is 20.3. The number of pyridine rings is 1. The molecule has 4 aromatic carbocycles. The number of carbonyl (C=O) groups is 1. The number of nitrogens with one attached hydrogen (secondary N) is 2. The lowest BCUT2D eigenvalue weighted by atomic mass is 10.1. The topological polar surface area (TPSA) is 80.4 Å². The summed E-state index contributed by atoms with van der Waals surface area (Å²) < 4.78 is 11.4. The van der Waals surface area contributed by atoms with Crippen LogP contribution in [0.25, 0.3) is 21.8 Å². The van der Waals surface area contributed by atoms with Crippen molar-refractivity contribution in [2.24, 2.45) is 0 Å². The van der Waals surface area contributed by atoms with Gasteiger partial charge in [-0.1, -0.05) is 30.3 Å². The molecule has 0 aliphatic carbocycles. The SMILES string of the molecule is O=C(COc1ccc2[nH]c3ccccc3c(=O)c2c1)Nc1ccc(Oc2ccccc2)cc1. The minimum atomic E-state index is -0.306. The van der Waals surface area contributed by atoms with Crippen LogP contribution >= 0.6 is 0 Å². The summed E-state index contributed by atoms with van der Waals surface area (Å²) in [6, 6.07) is 29.1. The second kappa shape index (κ2) is 8.88. The summed E-state index contributed by atoms with van der Waals surface area (Å²) in [5, 5.41) is 3.91. The summed E-state index contributed by atoms with van der Waals surface area (Å²) in [5.74, 6) is 1.55. The summed E-state index contributed by atoms with van der Waals surface area (Å²) in [6.07, 6.45) is 0. The van der Waals surface area contributed by atoms with Crippen molar-refractivity contribution in [1.29, 1.82) is 0 Å². The van der Waals surface area contributed by atoms with Crippen molar-refractivity contribution in [1.82, 2.24) is 4.98 Å². The van der Waals surface area contributed by atoms with Crippen molar-refractivity contribution >= 4 is 33.4 Å². The second-order valence-corrected chi connectivity index (χ2v) is 7.48. The maximum Gasteiger partial charge on any atom is 0.262 e. The van der Waals surface area contributed by atoms with Crippen LogP contribution in [0.4, 0.5) is 5.69 Å². The molecule has 0 unspecified atom stereocenters. The first-order valence-corrected chi connectivity index (χ1v) is 10.5. The van der Waals surface area contributed by atoms with Gasteiger partial charge in [0.15, 0.2) is 12.0 Å². The Bertz CT molecular complexity index is 1490. The predicted octanol–water partition coefficient (Wildman–Crippen LogP) is 5.49. The molecule has 1 aromatic heterocycles. The van der Waals surface area contributed by atoms with Gasteiger partial charge >= 0.3 is 0 Å². The number of aromatic nitrogens is 1. The molecule has 1 heterocycles. The van der Waals surface area contributed by atoms with Crippen molar-refractivity contribution in [2.45, 2.75) is 0 Å². The molecular weight excluding hydrogens is 416 g/mol. The van der Waals surface area contributed by atoms with E-state index in [2.05, 4.69) is 10.3 Å². The molecule has 5 rings (SSSR count). The molecule has 0 aliphatic heterocycles. The number of rotatable bonds is 6. The van der Waals surface area contributed by atoms with E-state index < -0.39 is 0 Å². The van der Waals surface area contributed by atoms with Crippen molar-refractivity contribution in [3.63, 3.8) is 0 Å². The molecule has 6 nitrogen and oxygen atoms in total. The molecule has 0 aliphatic rings. The normalized spacial score (nSPS) is 10.8. The van der Waals surface area contributed by atoms with Gasteiger partial charge in [-0.15, -0.1) is 0 Å². The number of aromatic amines is 1. The maximum absolute atomic E-state index is 12.8. The van der Waals surface area contributed by atoms with Gasteiger partial charge in [-0.2, -0.15) is 0 Å². The molecule has 2 N–H and O–H groups in total. The molecule has 0 saturated heterocycles. The Labute approximate surface area is 189 Å². The lowest BCUT2D eigenvalue weighted by molar-refractivity contribution is -0.118. The zero-order chi connectivity index (χ0) is 22.6. The van der Waals surface area contributed by atoms with Gasteiger partial charge in [-0.25, -0.2) is 0 Å². The Hall–Kier alpha value is -4.58. The Kier molecular flexibility index (Phi) is 5.47. The van der Waals surface area contributed by atoms with Crippen LogP contribution in [0.3, 0.4) is 0 Å². The van der Waals surface area contributed by atoms with Crippen LogP contribution in [0.5, 0.6) is 17.2 Å². The molecule has 33 heavy (non-hydrogen) atoms. The molecule has 1 amide bonds. The summed E-state index contributed by atoms with van der Waals surface area (Å²) in [6.45, 7) is -0.181. The van der Waals surface area contributed by atoms with E-state index in [0.29, 0.717) is 33.5 Å². The number of H-pyrrole nitrogens is 1. The third-order valence-electron chi connectivity index (χ3n) is 5.16. The molecule has 162 valence electrons. The molecule has 0 radical (unpaired) electrons. The number of fused-ring (bicyclic) bond motifs is 2. The van der Waals surface area contributed by atoms with E-state index in [4.69, 9.17) is 9.47 Å². The minimum Gasteiger partial charge on any atom is -0.484 e. The lowest BCUT2D eigenvalue weighted by Gasteiger charge is -2.10. The lowest BCUT2D eigenvalue weighted by Crippen LogP contribution is -2.20. The summed E-state index contributed by atoms with van der Waals surface area (Å²) in [5.41, 5.74) is 2.05. The van der Waals surface area contributed by atoms with Gasteiger partial charge in [0, 0.05) is 22.0 Å². The first-order valence-electron chi connectivity index (χ1n) is 10.5. The van der Waals surface area contributed by atoms with Crippen molar-refractivity contribution in [3.05, 3.63) is 107 Å². The number of para-hydroxylation sites is 2. The number of amides is 1. The zero-order valence-corrected chi connectivity index (χ0v) is 17.6. The van der Waals surface area contributed by atoms with Crippen LogP contribution in [0.2, 0.25) is 0 Å². The van der Waals surface area contributed by atoms with E-state index in [1.807, 2.05) is 48.5 Å². The van der Waals surface area contributed by atoms with E-state index in [-0.39, 0.29) is 17.9 Å². The highest BCUT2D eigenvalue weighted by atomic mass is 16.5. The fourth-order valence-electron chi connectivity index (χ4n) is 3.57. The number of ether oxygens (including phenoxy) is 2. The van der Waals surface area contributed by atoms with E-state index >= 15 is 0 Å². The highest BCUT2D eigenvalue weighted by molar-refractivity contribution is 5.93. The molecule has 0 atom stereocenters. The average Bonchev–Trinajstić information content (AvgIpc) is 2.85. The Balaban J connectivity index is 1.23. The smallest absolute Gasteiger partial charge is 0.262 e. The number of benzene rings is 4. The number of hydrogen-bond acceptors (Lipinski definition) is 4. The molecule has 0 fully saturated rings. The van der Waals surface area contributed by atoms with Crippen LogP contribution in [-0.2, 0) is 4.79 Å². The first-order chi connectivity index (χ1) is 16.2. The summed E-state index contributed by atoms with van der Waals surface area (Å²) >= 11 is 0. The number of hydrogen-bond donors (Lipinski definition) is 2. The molecular formula is C27H20N2O4. The molecule has 0 saturated carbocycles. The van der Waals surface area contributed by atoms with Gasteiger partial charge in [0.1, 0.15) is 17.2 Å². The van der Waals surface area contributed by atoms with E-state index in [1.54, 1.807) is 48.5 Å². The predicted molar refractivity (Wildman–Crippen MR) is 129 cm³/mol. The van der Waals surface area contributed by atoms with Crippen molar-refractivity contribution in [2.75, 3.05) is 11.9 Å². The zero-order valence-electron chi connectivity index (χ0n) is 17.6. The standard InChI is InChI=1S/C27H20N2O4/c30-26(28-18-10-12-20(13-11-18)33-19-6-2-1-3-7-19)17-32-21-14-15-25-23(16-21)27(31)22-8-4-5-9-24(22)29-25/h1-16H,17H2,(H,28,30)(H,29,31). The van der Waals surface area contributed by atoms with Gasteiger partial charge in [-0.3, -0.25) is 9.59 Å². The quantitative estimate of drug-likeness (QED) is 0.345. The number of carbonyl (C=O) groups excluding carboxylic acids is 1. The molecule has 0 bridgehead atoms. The van der Waals surface area contributed by atoms with Gasteiger partial charge in [0.25, 0.3) is 5.91 Å². The number of anilines is 1. The van der Waals surface area contributed by atoms with Crippen molar-refractivity contribution < 1.29 is 14.3 Å². The summed E-state index contributed by atoms with van der Waals surface area (Å²) in [4.78, 5) is 28.4. The molecule has 6 heteroatoms. The van der Waals surface area contributed by atoms with Crippen LogP contribution in [0.1, 0.15) is 0 Å². The highest BCUT2D eigenvalue weighted by Gasteiger charge is 2.08. The highest BCUT2D eigenvalue weighted by Crippen LogP contribution is 2.23. The van der Waals surface area contributed by atoms with E-state index in [9.17, 15) is 9.59 Å². The van der Waals surface area contributed by atoms with E-state index in [0.717, 1.165) is 11.3 Å². The second-order valence-electron chi connectivity index (χ2n) is 7.48. The van der Waals surface area contributed by atoms with Crippen LogP contribution < -0.4 is 20.2 Å². The monoisotopic (exact) mass is 436 g/mol. The Morgan fingerprint density at radius 1 is 0.727 bits per heavy atom. The van der Waals surface area contributed by atoms with Crippen LogP contribution in [0.15, 0.2) is 102 Å². The minimum absolute atomic E-state index is 0.0768. The largest absolute Gasteiger partial charge is 0.484 e. The van der Waals surface area contributed by atoms with Crippen LogP contribution in [0, 0.1) is 0 Å². The van der Waals surface area contributed by atoms with E-state index in [1.165, 1.54) is 0 Å². The third kappa shape index (κ3) is 4.55. The summed E-state index contributed by atoms with van der Waals surface area (Å²) in [7, 11) is 0. The van der Waals surface area contributed by atoms with Crippen molar-refractivity contribution in [3.8, 4) is 17.2 Å². The Morgan fingerprint density at radius 2 is 1.39 bits per heavy atom. The fourth-order valence-corrected chi connectivity index (χ4v) is 3.57. The van der Waals surface area contributed by atoms with Gasteiger partial charge in [0.05, 0.1) is 5.52 Å². The maximum atomic E-state index is 12.8. The fraction of sp³-hybridized carbons (Fsp3) is 0.0370. The Morgan fingerprint density at radius 3 is 2.21 bits per heavy atom. The van der Waals surface area contributed by atoms with Gasteiger partial charge < -0.3 is 19.8 Å². The van der Waals surface area contributed by atoms with Gasteiger partial charge in [0.2, 0.25) is 0 Å². The van der Waals surface area contributed by atoms with Gasteiger partial charge in [-0.05, 0) is 66.7 Å².